The van der Waals surface area contributed by atoms with E-state index in [1.165, 1.54) is 0 Å². The molecule has 1 unspecified atom stereocenters. The van der Waals surface area contributed by atoms with Gasteiger partial charge in [-0.2, -0.15) is 8.42 Å². The highest BCUT2D eigenvalue weighted by Crippen LogP contribution is 2.49. The molecule has 0 aliphatic carbocycles. The van der Waals surface area contributed by atoms with E-state index in [1.807, 2.05) is 19.9 Å². The van der Waals surface area contributed by atoms with Crippen LogP contribution in [0.4, 0.5) is 5.69 Å². The predicted octanol–water partition coefficient (Wildman–Crippen LogP) is 3.87. The first-order valence-electron chi connectivity index (χ1n) is 7.19. The van der Waals surface area contributed by atoms with Crippen molar-refractivity contribution < 1.29 is 13.0 Å². The third-order valence-electron chi connectivity index (χ3n) is 4.56. The fourth-order valence-corrected chi connectivity index (χ4v) is 4.50. The Morgan fingerprint density at radius 3 is 2.52 bits per heavy atom. The van der Waals surface area contributed by atoms with Crippen LogP contribution in [0.3, 0.4) is 0 Å². The first-order valence-corrected chi connectivity index (χ1v) is 9.01. The van der Waals surface area contributed by atoms with E-state index in [1.54, 1.807) is 6.07 Å². The molecule has 0 bridgehead atoms. The molecule has 0 saturated carbocycles. The predicted molar refractivity (Wildman–Crippen MR) is 86.0 cm³/mol. The van der Waals surface area contributed by atoms with E-state index >= 15 is 0 Å². The SMILES string of the molecule is CCCCN1c2ccc(Cl)c(S(=O)(=O)O)c2C(C)(C)C1C. The van der Waals surface area contributed by atoms with Gasteiger partial charge in [-0.3, -0.25) is 4.55 Å². The van der Waals surface area contributed by atoms with Crippen molar-refractivity contribution in [3.8, 4) is 0 Å². The quantitative estimate of drug-likeness (QED) is 0.851. The Morgan fingerprint density at radius 1 is 1.38 bits per heavy atom. The van der Waals surface area contributed by atoms with E-state index in [4.69, 9.17) is 11.6 Å². The van der Waals surface area contributed by atoms with Crippen molar-refractivity contribution in [2.24, 2.45) is 0 Å². The molecule has 1 aromatic rings. The smallest absolute Gasteiger partial charge is 0.296 e. The van der Waals surface area contributed by atoms with Crippen molar-refractivity contribution >= 4 is 27.4 Å². The molecule has 1 aliphatic rings. The summed E-state index contributed by atoms with van der Waals surface area (Å²) in [5.74, 6) is 0. The number of nitrogens with zero attached hydrogens (tertiary/aromatic N) is 1. The minimum Gasteiger partial charge on any atom is -0.368 e. The van der Waals surface area contributed by atoms with Gasteiger partial charge in [0.25, 0.3) is 10.1 Å². The van der Waals surface area contributed by atoms with Gasteiger partial charge < -0.3 is 4.90 Å². The summed E-state index contributed by atoms with van der Waals surface area (Å²) in [6, 6.07) is 3.54. The Kier molecular flexibility index (Phi) is 4.30. The molecule has 0 amide bonds. The fraction of sp³-hybridized carbons (Fsp3) is 0.600. The second kappa shape index (κ2) is 5.45. The van der Waals surface area contributed by atoms with Gasteiger partial charge in [-0.25, -0.2) is 0 Å². The van der Waals surface area contributed by atoms with E-state index < -0.39 is 15.5 Å². The van der Waals surface area contributed by atoms with Gasteiger partial charge in [0, 0.05) is 29.3 Å². The summed E-state index contributed by atoms with van der Waals surface area (Å²) in [5, 5.41) is 0.0777. The number of benzene rings is 1. The molecule has 2 rings (SSSR count). The molecule has 6 heteroatoms. The standard InChI is InChI=1S/C15H22ClNO3S/c1-5-6-9-17-10(2)15(3,4)13-12(17)8-7-11(16)14(13)21(18,19)20/h7-8,10H,5-6,9H2,1-4H3,(H,18,19,20). The Labute approximate surface area is 131 Å². The summed E-state index contributed by atoms with van der Waals surface area (Å²) in [4.78, 5) is 2.07. The zero-order valence-electron chi connectivity index (χ0n) is 12.9. The van der Waals surface area contributed by atoms with Crippen LogP contribution in [0.2, 0.25) is 5.02 Å². The maximum Gasteiger partial charge on any atom is 0.296 e. The number of hydrogen-bond acceptors (Lipinski definition) is 3. The monoisotopic (exact) mass is 331 g/mol. The lowest BCUT2D eigenvalue weighted by atomic mass is 9.81. The maximum atomic E-state index is 11.8. The molecule has 21 heavy (non-hydrogen) atoms. The van der Waals surface area contributed by atoms with Gasteiger partial charge >= 0.3 is 0 Å². The van der Waals surface area contributed by atoms with Crippen molar-refractivity contribution in [2.75, 3.05) is 11.4 Å². The van der Waals surface area contributed by atoms with Gasteiger partial charge in [0.15, 0.2) is 0 Å². The second-order valence-electron chi connectivity index (χ2n) is 6.19. The first-order chi connectivity index (χ1) is 9.62. The van der Waals surface area contributed by atoms with Crippen LogP contribution in [0.5, 0.6) is 0 Å². The van der Waals surface area contributed by atoms with Crippen molar-refractivity contribution in [1.29, 1.82) is 0 Å². The van der Waals surface area contributed by atoms with Crippen LogP contribution in [-0.2, 0) is 15.5 Å². The van der Waals surface area contributed by atoms with E-state index in [0.717, 1.165) is 25.1 Å². The molecule has 1 N–H and O–H groups in total. The zero-order valence-corrected chi connectivity index (χ0v) is 14.4. The number of hydrogen-bond donors (Lipinski definition) is 1. The highest BCUT2D eigenvalue weighted by atomic mass is 35.5. The van der Waals surface area contributed by atoms with Gasteiger partial charge in [0.05, 0.1) is 5.02 Å². The van der Waals surface area contributed by atoms with Crippen LogP contribution in [0.25, 0.3) is 0 Å². The third-order valence-corrected chi connectivity index (χ3v) is 5.93. The number of anilines is 1. The van der Waals surface area contributed by atoms with Crippen LogP contribution in [0, 0.1) is 0 Å². The molecule has 0 saturated heterocycles. The average molecular weight is 332 g/mol. The lowest BCUT2D eigenvalue weighted by Gasteiger charge is -2.31. The third kappa shape index (κ3) is 2.67. The average Bonchev–Trinajstić information content (AvgIpc) is 2.55. The summed E-state index contributed by atoms with van der Waals surface area (Å²) in [5.41, 5.74) is 1.08. The highest BCUT2D eigenvalue weighted by molar-refractivity contribution is 7.86. The van der Waals surface area contributed by atoms with Crippen molar-refractivity contribution in [3.05, 3.63) is 22.7 Å². The summed E-state index contributed by atoms with van der Waals surface area (Å²) in [6.45, 7) is 9.05. The van der Waals surface area contributed by atoms with Crippen molar-refractivity contribution in [3.63, 3.8) is 0 Å². The number of rotatable bonds is 4. The van der Waals surface area contributed by atoms with Crippen LogP contribution in [-0.4, -0.2) is 25.6 Å². The molecule has 0 fully saturated rings. The van der Waals surface area contributed by atoms with Crippen LogP contribution in [0.1, 0.15) is 46.1 Å². The molecule has 118 valence electrons. The lowest BCUT2D eigenvalue weighted by Crippen LogP contribution is -2.39. The summed E-state index contributed by atoms with van der Waals surface area (Å²) >= 11 is 6.06. The van der Waals surface area contributed by atoms with E-state index in [-0.39, 0.29) is 16.0 Å². The molecule has 0 radical (unpaired) electrons. The molecule has 1 aromatic carbocycles. The van der Waals surface area contributed by atoms with Gasteiger partial charge in [0.2, 0.25) is 0 Å². The van der Waals surface area contributed by atoms with E-state index in [0.29, 0.717) is 5.56 Å². The largest absolute Gasteiger partial charge is 0.368 e. The maximum absolute atomic E-state index is 11.8. The summed E-state index contributed by atoms with van der Waals surface area (Å²) in [7, 11) is -4.36. The second-order valence-corrected chi connectivity index (χ2v) is 7.96. The van der Waals surface area contributed by atoms with Gasteiger partial charge in [0.1, 0.15) is 4.90 Å². The number of unbranched alkanes of at least 4 members (excludes halogenated alkanes) is 1. The lowest BCUT2D eigenvalue weighted by molar-refractivity contribution is 0.428. The van der Waals surface area contributed by atoms with E-state index in [9.17, 15) is 13.0 Å². The number of halogens is 1. The Hall–Kier alpha value is -0.780. The Balaban J connectivity index is 2.71. The number of fused-ring (bicyclic) bond motifs is 1. The normalized spacial score (nSPS) is 20.7. The van der Waals surface area contributed by atoms with Gasteiger partial charge in [-0.1, -0.05) is 38.8 Å². The minimum atomic E-state index is -4.36. The van der Waals surface area contributed by atoms with Crippen LogP contribution < -0.4 is 4.90 Å². The minimum absolute atomic E-state index is 0.0777. The van der Waals surface area contributed by atoms with Crippen LogP contribution >= 0.6 is 11.6 Å². The first kappa shape index (κ1) is 16.6. The molecule has 1 aliphatic heterocycles. The zero-order chi connectivity index (χ0) is 16.0. The Morgan fingerprint density at radius 2 is 2.00 bits per heavy atom. The Bertz CT molecular complexity index is 655. The topological polar surface area (TPSA) is 57.6 Å². The van der Waals surface area contributed by atoms with Gasteiger partial charge in [-0.15, -0.1) is 0 Å². The van der Waals surface area contributed by atoms with E-state index in [2.05, 4.69) is 18.7 Å². The van der Waals surface area contributed by atoms with Gasteiger partial charge in [-0.05, 0) is 25.5 Å². The molecular weight excluding hydrogens is 310 g/mol. The van der Waals surface area contributed by atoms with Crippen LogP contribution in [0.15, 0.2) is 17.0 Å². The molecule has 1 atom stereocenters. The van der Waals surface area contributed by atoms with Crippen molar-refractivity contribution in [2.45, 2.75) is 56.9 Å². The highest BCUT2D eigenvalue weighted by Gasteiger charge is 2.45. The molecule has 0 spiro atoms. The molecule has 4 nitrogen and oxygen atoms in total. The summed E-state index contributed by atoms with van der Waals surface area (Å²) < 4.78 is 33.1. The fourth-order valence-electron chi connectivity index (χ4n) is 3.11. The molecule has 1 heterocycles. The van der Waals surface area contributed by atoms with Crippen molar-refractivity contribution in [1.82, 2.24) is 0 Å². The molecular formula is C15H22ClNO3S. The molecule has 0 aromatic heterocycles. The summed E-state index contributed by atoms with van der Waals surface area (Å²) in [6.07, 6.45) is 2.10.